The highest BCUT2D eigenvalue weighted by Gasteiger charge is 2.26. The highest BCUT2D eigenvalue weighted by atomic mass is 16.2. The molecular formula is C12H15NO2. The standard InChI is InChI=1S/C10H9NO2.C2H6/c1-5-3-7-8(4-6(5)2)10(13)11-9(7)12;1-2/h3-4H,1-2H3,(H,11,12,13);1-2H3. The van der Waals surface area contributed by atoms with Crippen LogP contribution in [0.15, 0.2) is 12.1 Å². The van der Waals surface area contributed by atoms with Crippen molar-refractivity contribution in [2.24, 2.45) is 0 Å². The molecule has 0 saturated carbocycles. The molecule has 0 atom stereocenters. The second kappa shape index (κ2) is 4.26. The van der Waals surface area contributed by atoms with E-state index in [-0.39, 0.29) is 11.8 Å². The van der Waals surface area contributed by atoms with E-state index in [1.807, 2.05) is 27.7 Å². The number of amides is 2. The van der Waals surface area contributed by atoms with Crippen LogP contribution < -0.4 is 5.32 Å². The third-order valence-corrected chi connectivity index (χ3v) is 2.35. The molecule has 0 bridgehead atoms. The Bertz CT molecular complexity index is 383. The molecule has 80 valence electrons. The van der Waals surface area contributed by atoms with Crippen molar-refractivity contribution in [2.45, 2.75) is 27.7 Å². The largest absolute Gasteiger partial charge is 0.288 e. The summed E-state index contributed by atoms with van der Waals surface area (Å²) in [6.07, 6.45) is 0. The summed E-state index contributed by atoms with van der Waals surface area (Å²) < 4.78 is 0. The molecule has 3 nitrogen and oxygen atoms in total. The maximum absolute atomic E-state index is 11.2. The molecule has 15 heavy (non-hydrogen) atoms. The van der Waals surface area contributed by atoms with Gasteiger partial charge in [-0.15, -0.1) is 0 Å². The van der Waals surface area contributed by atoms with Crippen molar-refractivity contribution in [1.82, 2.24) is 5.32 Å². The maximum Gasteiger partial charge on any atom is 0.258 e. The van der Waals surface area contributed by atoms with Crippen LogP contribution in [0, 0.1) is 13.8 Å². The van der Waals surface area contributed by atoms with Crippen molar-refractivity contribution >= 4 is 11.8 Å². The monoisotopic (exact) mass is 205 g/mol. The molecule has 1 aromatic carbocycles. The van der Waals surface area contributed by atoms with Crippen molar-refractivity contribution in [3.05, 3.63) is 34.4 Å². The Balaban J connectivity index is 0.000000531. The van der Waals surface area contributed by atoms with Gasteiger partial charge >= 0.3 is 0 Å². The van der Waals surface area contributed by atoms with E-state index in [0.29, 0.717) is 11.1 Å². The lowest BCUT2D eigenvalue weighted by Crippen LogP contribution is -2.19. The molecule has 1 aliphatic rings. The maximum atomic E-state index is 11.2. The minimum atomic E-state index is -0.289. The minimum absolute atomic E-state index is 0.289. The van der Waals surface area contributed by atoms with Crippen LogP contribution in [0.3, 0.4) is 0 Å². The first-order valence-electron chi connectivity index (χ1n) is 5.06. The van der Waals surface area contributed by atoms with Gasteiger partial charge in [0, 0.05) is 0 Å². The molecule has 1 aromatic rings. The molecule has 1 aliphatic heterocycles. The fourth-order valence-corrected chi connectivity index (χ4v) is 1.43. The number of hydrogen-bond acceptors (Lipinski definition) is 2. The summed E-state index contributed by atoms with van der Waals surface area (Å²) in [5.74, 6) is -0.578. The fraction of sp³-hybridized carbons (Fsp3) is 0.333. The van der Waals surface area contributed by atoms with Gasteiger partial charge in [-0.1, -0.05) is 13.8 Å². The number of carbonyl (C=O) groups excluding carboxylic acids is 2. The van der Waals surface area contributed by atoms with Crippen molar-refractivity contribution in [3.8, 4) is 0 Å². The predicted octanol–water partition coefficient (Wildman–Crippen LogP) is 2.21. The van der Waals surface area contributed by atoms with Crippen molar-refractivity contribution in [2.75, 3.05) is 0 Å². The second-order valence-electron chi connectivity index (χ2n) is 3.27. The number of rotatable bonds is 0. The number of hydrogen-bond donors (Lipinski definition) is 1. The third kappa shape index (κ3) is 1.91. The van der Waals surface area contributed by atoms with E-state index in [2.05, 4.69) is 5.32 Å². The van der Waals surface area contributed by atoms with E-state index >= 15 is 0 Å². The van der Waals surface area contributed by atoms with Crippen LogP contribution in [0.5, 0.6) is 0 Å². The van der Waals surface area contributed by atoms with Gasteiger partial charge in [0.15, 0.2) is 0 Å². The van der Waals surface area contributed by atoms with Crippen molar-refractivity contribution in [3.63, 3.8) is 0 Å². The lowest BCUT2D eigenvalue weighted by atomic mass is 10.0. The molecule has 0 saturated heterocycles. The lowest BCUT2D eigenvalue weighted by molar-refractivity contribution is 0.0879. The van der Waals surface area contributed by atoms with Gasteiger partial charge in [-0.25, -0.2) is 0 Å². The molecule has 0 aromatic heterocycles. The van der Waals surface area contributed by atoms with Crippen LogP contribution in [-0.2, 0) is 0 Å². The van der Waals surface area contributed by atoms with Crippen LogP contribution in [-0.4, -0.2) is 11.8 Å². The second-order valence-corrected chi connectivity index (χ2v) is 3.27. The van der Waals surface area contributed by atoms with Crippen LogP contribution in [0.1, 0.15) is 45.7 Å². The van der Waals surface area contributed by atoms with Gasteiger partial charge in [0.25, 0.3) is 11.8 Å². The Hall–Kier alpha value is -1.64. The van der Waals surface area contributed by atoms with Crippen molar-refractivity contribution < 1.29 is 9.59 Å². The van der Waals surface area contributed by atoms with Gasteiger partial charge in [-0.2, -0.15) is 0 Å². The van der Waals surface area contributed by atoms with E-state index in [0.717, 1.165) is 11.1 Å². The molecule has 1 N–H and O–H groups in total. The Morgan fingerprint density at radius 3 is 1.53 bits per heavy atom. The normalized spacial score (nSPS) is 12.8. The van der Waals surface area contributed by atoms with E-state index in [1.165, 1.54) is 0 Å². The number of carbonyl (C=O) groups is 2. The lowest BCUT2D eigenvalue weighted by Gasteiger charge is -2.00. The summed E-state index contributed by atoms with van der Waals surface area (Å²) in [5.41, 5.74) is 3.05. The van der Waals surface area contributed by atoms with Gasteiger partial charge in [0.2, 0.25) is 0 Å². The number of fused-ring (bicyclic) bond motifs is 1. The molecule has 0 spiro atoms. The molecule has 0 radical (unpaired) electrons. The average Bonchev–Trinajstić information content (AvgIpc) is 2.48. The number of aryl methyl sites for hydroxylation is 2. The Labute approximate surface area is 89.5 Å². The summed E-state index contributed by atoms with van der Waals surface area (Å²) in [6, 6.07) is 3.51. The molecule has 2 amide bonds. The predicted molar refractivity (Wildman–Crippen MR) is 59.1 cm³/mol. The zero-order chi connectivity index (χ0) is 11.6. The zero-order valence-electron chi connectivity index (χ0n) is 9.47. The summed E-state index contributed by atoms with van der Waals surface area (Å²) in [5, 5.41) is 2.26. The Morgan fingerprint density at radius 1 is 0.867 bits per heavy atom. The quantitative estimate of drug-likeness (QED) is 0.660. The van der Waals surface area contributed by atoms with Gasteiger partial charge in [-0.3, -0.25) is 14.9 Å². The van der Waals surface area contributed by atoms with E-state index < -0.39 is 0 Å². The fourth-order valence-electron chi connectivity index (χ4n) is 1.43. The molecule has 1 heterocycles. The van der Waals surface area contributed by atoms with Crippen LogP contribution >= 0.6 is 0 Å². The first-order valence-corrected chi connectivity index (χ1v) is 5.06. The molecule has 0 fully saturated rings. The first kappa shape index (κ1) is 11.4. The molecule has 0 unspecified atom stereocenters. The van der Waals surface area contributed by atoms with E-state index in [9.17, 15) is 9.59 Å². The minimum Gasteiger partial charge on any atom is -0.288 e. The average molecular weight is 205 g/mol. The van der Waals surface area contributed by atoms with E-state index in [4.69, 9.17) is 0 Å². The summed E-state index contributed by atoms with van der Waals surface area (Å²) in [4.78, 5) is 22.4. The van der Waals surface area contributed by atoms with Crippen LogP contribution in [0.4, 0.5) is 0 Å². The van der Waals surface area contributed by atoms with Crippen LogP contribution in [0.25, 0.3) is 0 Å². The highest BCUT2D eigenvalue weighted by Crippen LogP contribution is 2.19. The number of benzene rings is 1. The number of nitrogens with one attached hydrogen (secondary N) is 1. The first-order chi connectivity index (χ1) is 7.09. The van der Waals surface area contributed by atoms with Crippen molar-refractivity contribution in [1.29, 1.82) is 0 Å². The zero-order valence-corrected chi connectivity index (χ0v) is 9.47. The van der Waals surface area contributed by atoms with Gasteiger partial charge < -0.3 is 0 Å². The topological polar surface area (TPSA) is 46.2 Å². The summed E-state index contributed by atoms with van der Waals surface area (Å²) >= 11 is 0. The Kier molecular flexibility index (Phi) is 3.24. The molecule has 0 aliphatic carbocycles. The van der Waals surface area contributed by atoms with Gasteiger partial charge in [-0.05, 0) is 37.1 Å². The van der Waals surface area contributed by atoms with E-state index in [1.54, 1.807) is 12.1 Å². The highest BCUT2D eigenvalue weighted by molar-refractivity contribution is 6.21. The number of imide groups is 1. The Morgan fingerprint density at radius 2 is 1.20 bits per heavy atom. The molecule has 3 heteroatoms. The smallest absolute Gasteiger partial charge is 0.258 e. The summed E-state index contributed by atoms with van der Waals surface area (Å²) in [6.45, 7) is 7.84. The third-order valence-electron chi connectivity index (χ3n) is 2.35. The molecule has 2 rings (SSSR count). The summed E-state index contributed by atoms with van der Waals surface area (Å²) in [7, 11) is 0. The SMILES string of the molecule is CC.Cc1cc2c(cc1C)C(=O)NC2=O. The van der Waals surface area contributed by atoms with Crippen LogP contribution in [0.2, 0.25) is 0 Å². The molecular weight excluding hydrogens is 190 g/mol. The van der Waals surface area contributed by atoms with Gasteiger partial charge in [0.05, 0.1) is 11.1 Å². The van der Waals surface area contributed by atoms with Gasteiger partial charge in [0.1, 0.15) is 0 Å².